The summed E-state index contributed by atoms with van der Waals surface area (Å²) in [5, 5.41) is 20.1. The first-order chi connectivity index (χ1) is 6.93. The van der Waals surface area contributed by atoms with Crippen LogP contribution in [0.3, 0.4) is 0 Å². The quantitative estimate of drug-likeness (QED) is 0.563. The van der Waals surface area contributed by atoms with Crippen molar-refractivity contribution in [2.75, 3.05) is 6.54 Å². The minimum Gasteiger partial charge on any atom is -0.481 e. The Morgan fingerprint density at radius 1 is 1.20 bits per heavy atom. The Bertz CT molecular complexity index is 215. The number of hydrogen-bond donors (Lipinski definition) is 3. The zero-order chi connectivity index (χ0) is 11.8. The Morgan fingerprint density at radius 2 is 1.80 bits per heavy atom. The van der Waals surface area contributed by atoms with Crippen molar-refractivity contribution in [3.63, 3.8) is 0 Å². The lowest BCUT2D eigenvalue weighted by molar-refractivity contribution is -0.140. The SMILES string of the molecule is CC(C)CCNC(CCC(=O)O)C(=O)O. The standard InChI is InChI=1S/C10H19NO4/c1-7(2)5-6-11-8(10(14)15)3-4-9(12)13/h7-8,11H,3-6H2,1-2H3,(H,12,13)(H,14,15). The number of carbonyl (C=O) groups is 2. The molecule has 0 amide bonds. The fraction of sp³-hybridized carbons (Fsp3) is 0.800. The van der Waals surface area contributed by atoms with Crippen molar-refractivity contribution in [2.24, 2.45) is 5.92 Å². The monoisotopic (exact) mass is 217 g/mol. The van der Waals surface area contributed by atoms with E-state index in [1.807, 2.05) is 0 Å². The van der Waals surface area contributed by atoms with E-state index in [1.165, 1.54) is 0 Å². The molecule has 0 aliphatic rings. The largest absolute Gasteiger partial charge is 0.481 e. The molecule has 0 aromatic heterocycles. The number of rotatable bonds is 8. The highest BCUT2D eigenvalue weighted by Gasteiger charge is 2.17. The lowest BCUT2D eigenvalue weighted by atomic mass is 10.1. The molecule has 0 heterocycles. The van der Waals surface area contributed by atoms with Gasteiger partial charge in [0, 0.05) is 6.42 Å². The van der Waals surface area contributed by atoms with Gasteiger partial charge in [0.05, 0.1) is 0 Å². The van der Waals surface area contributed by atoms with Crippen LogP contribution in [0.1, 0.15) is 33.1 Å². The molecule has 0 saturated carbocycles. The van der Waals surface area contributed by atoms with Gasteiger partial charge in [-0.1, -0.05) is 13.8 Å². The Labute approximate surface area is 89.5 Å². The van der Waals surface area contributed by atoms with Crippen LogP contribution in [0.5, 0.6) is 0 Å². The van der Waals surface area contributed by atoms with E-state index in [1.54, 1.807) is 0 Å². The summed E-state index contributed by atoms with van der Waals surface area (Å²) in [5.74, 6) is -1.45. The first kappa shape index (κ1) is 13.9. The molecule has 0 bridgehead atoms. The molecule has 0 fully saturated rings. The van der Waals surface area contributed by atoms with E-state index < -0.39 is 18.0 Å². The smallest absolute Gasteiger partial charge is 0.320 e. The molecule has 5 heteroatoms. The first-order valence-electron chi connectivity index (χ1n) is 5.11. The summed E-state index contributed by atoms with van der Waals surface area (Å²) >= 11 is 0. The number of hydrogen-bond acceptors (Lipinski definition) is 3. The van der Waals surface area contributed by atoms with Crippen molar-refractivity contribution in [2.45, 2.75) is 39.2 Å². The molecule has 1 atom stereocenters. The second kappa shape index (κ2) is 7.23. The van der Waals surface area contributed by atoms with Crippen LogP contribution in [0, 0.1) is 5.92 Å². The maximum atomic E-state index is 10.7. The van der Waals surface area contributed by atoms with Gasteiger partial charge in [0.1, 0.15) is 6.04 Å². The van der Waals surface area contributed by atoms with Crippen LogP contribution in [0.25, 0.3) is 0 Å². The van der Waals surface area contributed by atoms with E-state index in [0.717, 1.165) is 6.42 Å². The molecular weight excluding hydrogens is 198 g/mol. The second-order valence-electron chi connectivity index (χ2n) is 3.96. The normalized spacial score (nSPS) is 12.7. The highest BCUT2D eigenvalue weighted by Crippen LogP contribution is 2.01. The topological polar surface area (TPSA) is 86.6 Å². The highest BCUT2D eigenvalue weighted by atomic mass is 16.4. The minimum atomic E-state index is -0.986. The van der Waals surface area contributed by atoms with Gasteiger partial charge in [-0.05, 0) is 25.3 Å². The van der Waals surface area contributed by atoms with Gasteiger partial charge >= 0.3 is 11.9 Å². The van der Waals surface area contributed by atoms with Gasteiger partial charge in [-0.15, -0.1) is 0 Å². The molecule has 0 saturated heterocycles. The summed E-state index contributed by atoms with van der Waals surface area (Å²) in [5.41, 5.74) is 0. The third kappa shape index (κ3) is 7.93. The van der Waals surface area contributed by atoms with Gasteiger partial charge < -0.3 is 15.5 Å². The van der Waals surface area contributed by atoms with E-state index in [4.69, 9.17) is 10.2 Å². The molecule has 1 unspecified atom stereocenters. The summed E-state index contributed by atoms with van der Waals surface area (Å²) in [4.78, 5) is 21.0. The van der Waals surface area contributed by atoms with Crippen molar-refractivity contribution in [1.82, 2.24) is 5.32 Å². The van der Waals surface area contributed by atoms with Gasteiger partial charge in [-0.3, -0.25) is 9.59 Å². The molecule has 88 valence electrons. The van der Waals surface area contributed by atoms with E-state index in [-0.39, 0.29) is 12.8 Å². The maximum absolute atomic E-state index is 10.7. The summed E-state index contributed by atoms with van der Waals surface area (Å²) in [6.45, 7) is 4.71. The fourth-order valence-corrected chi connectivity index (χ4v) is 1.13. The molecule has 0 aliphatic carbocycles. The minimum absolute atomic E-state index is 0.119. The Hall–Kier alpha value is -1.10. The van der Waals surface area contributed by atoms with E-state index in [2.05, 4.69) is 19.2 Å². The van der Waals surface area contributed by atoms with Crippen LogP contribution < -0.4 is 5.32 Å². The number of carboxylic acids is 2. The third-order valence-electron chi connectivity index (χ3n) is 2.06. The Balaban J connectivity index is 3.84. The van der Waals surface area contributed by atoms with Crippen molar-refractivity contribution >= 4 is 11.9 Å². The van der Waals surface area contributed by atoms with Crippen LogP contribution in [-0.2, 0) is 9.59 Å². The molecule has 3 N–H and O–H groups in total. The Morgan fingerprint density at radius 3 is 2.20 bits per heavy atom. The molecule has 0 aromatic rings. The Kier molecular flexibility index (Phi) is 6.70. The molecular formula is C10H19NO4. The predicted octanol–water partition coefficient (Wildman–Crippen LogP) is 0.940. The first-order valence-corrected chi connectivity index (χ1v) is 5.11. The highest BCUT2D eigenvalue weighted by molar-refractivity contribution is 5.75. The number of carboxylic acid groups (broad SMARTS) is 2. The summed E-state index contributed by atoms with van der Waals surface area (Å²) < 4.78 is 0. The lowest BCUT2D eigenvalue weighted by Gasteiger charge is -2.14. The fourth-order valence-electron chi connectivity index (χ4n) is 1.13. The van der Waals surface area contributed by atoms with Gasteiger partial charge in [-0.2, -0.15) is 0 Å². The number of aliphatic carboxylic acids is 2. The molecule has 15 heavy (non-hydrogen) atoms. The third-order valence-corrected chi connectivity index (χ3v) is 2.06. The number of nitrogens with one attached hydrogen (secondary N) is 1. The van der Waals surface area contributed by atoms with Crippen molar-refractivity contribution in [3.05, 3.63) is 0 Å². The van der Waals surface area contributed by atoms with E-state index in [9.17, 15) is 9.59 Å². The van der Waals surface area contributed by atoms with Crippen LogP contribution in [0.4, 0.5) is 0 Å². The molecule has 0 radical (unpaired) electrons. The van der Waals surface area contributed by atoms with Gasteiger partial charge in [-0.25, -0.2) is 0 Å². The zero-order valence-electron chi connectivity index (χ0n) is 9.19. The summed E-state index contributed by atoms with van der Waals surface area (Å²) in [7, 11) is 0. The van der Waals surface area contributed by atoms with Crippen molar-refractivity contribution in [3.8, 4) is 0 Å². The van der Waals surface area contributed by atoms with Crippen LogP contribution in [0.15, 0.2) is 0 Å². The van der Waals surface area contributed by atoms with Crippen LogP contribution in [0.2, 0.25) is 0 Å². The van der Waals surface area contributed by atoms with E-state index >= 15 is 0 Å². The lowest BCUT2D eigenvalue weighted by Crippen LogP contribution is -2.38. The van der Waals surface area contributed by atoms with Crippen molar-refractivity contribution in [1.29, 1.82) is 0 Å². The van der Waals surface area contributed by atoms with Crippen molar-refractivity contribution < 1.29 is 19.8 Å². The van der Waals surface area contributed by atoms with Crippen LogP contribution >= 0.6 is 0 Å². The van der Waals surface area contributed by atoms with Gasteiger partial charge in [0.2, 0.25) is 0 Å². The maximum Gasteiger partial charge on any atom is 0.320 e. The van der Waals surface area contributed by atoms with E-state index in [0.29, 0.717) is 12.5 Å². The average molecular weight is 217 g/mol. The molecule has 0 rings (SSSR count). The molecule has 5 nitrogen and oxygen atoms in total. The summed E-state index contributed by atoms with van der Waals surface area (Å²) in [6, 6.07) is -0.750. The van der Waals surface area contributed by atoms with Crippen LogP contribution in [-0.4, -0.2) is 34.7 Å². The van der Waals surface area contributed by atoms with Gasteiger partial charge in [0.15, 0.2) is 0 Å². The second-order valence-corrected chi connectivity index (χ2v) is 3.96. The molecule has 0 aromatic carbocycles. The van der Waals surface area contributed by atoms with Gasteiger partial charge in [0.25, 0.3) is 0 Å². The predicted molar refractivity (Wildman–Crippen MR) is 55.8 cm³/mol. The zero-order valence-corrected chi connectivity index (χ0v) is 9.19. The average Bonchev–Trinajstić information content (AvgIpc) is 2.09. The molecule has 0 spiro atoms. The summed E-state index contributed by atoms with van der Waals surface area (Å²) in [6.07, 6.45) is 0.894. The molecule has 0 aliphatic heterocycles.